The monoisotopic (exact) mass is 258 g/mol. The van der Waals surface area contributed by atoms with E-state index in [0.29, 0.717) is 19.5 Å². The second-order valence-corrected chi connectivity index (χ2v) is 4.17. The van der Waals surface area contributed by atoms with Gasteiger partial charge < -0.3 is 15.3 Å². The molecule has 1 unspecified atom stereocenters. The van der Waals surface area contributed by atoms with Gasteiger partial charge in [0.2, 0.25) is 11.8 Å². The quantitative estimate of drug-likeness (QED) is 0.620. The summed E-state index contributed by atoms with van der Waals surface area (Å²) >= 11 is 0. The predicted octanol–water partition coefficient (Wildman–Crippen LogP) is 0.472. The lowest BCUT2D eigenvalue weighted by molar-refractivity contribution is -0.151. The van der Waals surface area contributed by atoms with Crippen molar-refractivity contribution < 1.29 is 19.5 Å². The van der Waals surface area contributed by atoms with E-state index in [1.807, 2.05) is 13.8 Å². The molecule has 6 heteroatoms. The maximum atomic E-state index is 11.8. The molecule has 0 saturated carbocycles. The minimum atomic E-state index is -1.17. The van der Waals surface area contributed by atoms with Gasteiger partial charge in [-0.05, 0) is 19.8 Å². The van der Waals surface area contributed by atoms with Crippen LogP contribution in [0, 0.1) is 5.92 Å². The van der Waals surface area contributed by atoms with Gasteiger partial charge in [-0.1, -0.05) is 13.8 Å². The zero-order valence-electron chi connectivity index (χ0n) is 11.2. The molecule has 0 aromatic heterocycles. The van der Waals surface area contributed by atoms with Gasteiger partial charge in [-0.3, -0.25) is 14.4 Å². The Bertz CT molecular complexity index is 304. The van der Waals surface area contributed by atoms with Crippen LogP contribution in [0.5, 0.6) is 0 Å². The van der Waals surface area contributed by atoms with Gasteiger partial charge in [-0.2, -0.15) is 0 Å². The summed E-state index contributed by atoms with van der Waals surface area (Å²) in [4.78, 5) is 35.4. The molecule has 1 atom stereocenters. The van der Waals surface area contributed by atoms with Crippen molar-refractivity contribution in [2.75, 3.05) is 19.6 Å². The molecule has 0 aromatic carbocycles. The number of aliphatic carboxylic acids is 1. The first-order valence-electron chi connectivity index (χ1n) is 6.22. The Labute approximate surface area is 107 Å². The average molecular weight is 258 g/mol. The van der Waals surface area contributed by atoms with Crippen LogP contribution in [-0.4, -0.2) is 47.4 Å². The molecule has 0 aliphatic rings. The van der Waals surface area contributed by atoms with Gasteiger partial charge in [-0.25, -0.2) is 0 Å². The number of carboxylic acids is 1. The summed E-state index contributed by atoms with van der Waals surface area (Å²) in [6, 6.07) is 0. The number of hydrogen-bond acceptors (Lipinski definition) is 3. The minimum Gasteiger partial charge on any atom is -0.481 e. The van der Waals surface area contributed by atoms with Crippen molar-refractivity contribution >= 4 is 17.8 Å². The number of nitrogens with one attached hydrogen (secondary N) is 1. The van der Waals surface area contributed by atoms with E-state index >= 15 is 0 Å². The first-order chi connectivity index (χ1) is 8.43. The highest BCUT2D eigenvalue weighted by molar-refractivity contribution is 5.97. The smallest absolute Gasteiger partial charge is 0.315 e. The van der Waals surface area contributed by atoms with Gasteiger partial charge in [0.1, 0.15) is 5.92 Å². The third-order valence-electron chi connectivity index (χ3n) is 2.45. The first kappa shape index (κ1) is 16.4. The molecular weight excluding hydrogens is 236 g/mol. The molecule has 0 radical (unpaired) electrons. The summed E-state index contributed by atoms with van der Waals surface area (Å²) in [6.45, 7) is 6.00. The number of carbonyl (C=O) groups is 3. The van der Waals surface area contributed by atoms with Crippen LogP contribution in [0.2, 0.25) is 0 Å². The molecule has 0 fully saturated rings. The fourth-order valence-corrected chi connectivity index (χ4v) is 1.41. The fourth-order valence-electron chi connectivity index (χ4n) is 1.41. The number of carboxylic acid groups (broad SMARTS) is 1. The molecule has 0 heterocycles. The first-order valence-corrected chi connectivity index (χ1v) is 6.22. The average Bonchev–Trinajstić information content (AvgIpc) is 2.33. The summed E-state index contributed by atoms with van der Waals surface area (Å²) in [6.07, 6.45) is 1.50. The van der Waals surface area contributed by atoms with Crippen LogP contribution in [0.25, 0.3) is 0 Å². The lowest BCUT2D eigenvalue weighted by atomic mass is 10.1. The molecule has 0 rings (SSSR count). The number of amides is 2. The Morgan fingerprint density at radius 1 is 1.22 bits per heavy atom. The standard InChI is InChI=1S/C12H22N2O4/c1-4-6-13-10(15)8-14(7-5-2)11(16)9(3)12(17)18/h9H,4-8H2,1-3H3,(H,13,15)(H,17,18). The lowest BCUT2D eigenvalue weighted by Gasteiger charge is -2.23. The number of hydrogen-bond donors (Lipinski definition) is 2. The minimum absolute atomic E-state index is 0.0791. The van der Waals surface area contributed by atoms with E-state index in [-0.39, 0.29) is 12.5 Å². The second kappa shape index (κ2) is 8.49. The Morgan fingerprint density at radius 3 is 2.28 bits per heavy atom. The Hall–Kier alpha value is -1.59. The number of carbonyl (C=O) groups excluding carboxylic acids is 2. The van der Waals surface area contributed by atoms with Crippen LogP contribution in [0.3, 0.4) is 0 Å². The van der Waals surface area contributed by atoms with Crippen molar-refractivity contribution in [2.24, 2.45) is 5.92 Å². The van der Waals surface area contributed by atoms with E-state index < -0.39 is 17.8 Å². The van der Waals surface area contributed by atoms with E-state index in [0.717, 1.165) is 6.42 Å². The molecule has 0 aliphatic carbocycles. The summed E-state index contributed by atoms with van der Waals surface area (Å²) in [7, 11) is 0. The summed E-state index contributed by atoms with van der Waals surface area (Å²) in [5, 5.41) is 11.5. The molecule has 104 valence electrons. The summed E-state index contributed by atoms with van der Waals surface area (Å²) < 4.78 is 0. The van der Waals surface area contributed by atoms with Crippen molar-refractivity contribution in [2.45, 2.75) is 33.6 Å². The maximum Gasteiger partial charge on any atom is 0.315 e. The van der Waals surface area contributed by atoms with Crippen molar-refractivity contribution in [1.29, 1.82) is 0 Å². The van der Waals surface area contributed by atoms with Crippen LogP contribution in [-0.2, 0) is 14.4 Å². The Kier molecular flexibility index (Phi) is 7.74. The molecule has 0 spiro atoms. The molecule has 0 aromatic rings. The number of rotatable bonds is 8. The zero-order chi connectivity index (χ0) is 14.1. The molecule has 2 N–H and O–H groups in total. The van der Waals surface area contributed by atoms with Crippen molar-refractivity contribution in [3.8, 4) is 0 Å². The van der Waals surface area contributed by atoms with Crippen molar-refractivity contribution in [3.05, 3.63) is 0 Å². The molecule has 6 nitrogen and oxygen atoms in total. The summed E-state index contributed by atoms with van der Waals surface area (Å²) in [5.41, 5.74) is 0. The van der Waals surface area contributed by atoms with Crippen LogP contribution in [0.1, 0.15) is 33.6 Å². The third kappa shape index (κ3) is 5.65. The highest BCUT2D eigenvalue weighted by atomic mass is 16.4. The third-order valence-corrected chi connectivity index (χ3v) is 2.45. The molecule has 0 aliphatic heterocycles. The van der Waals surface area contributed by atoms with E-state index in [2.05, 4.69) is 5.32 Å². The Morgan fingerprint density at radius 2 is 1.83 bits per heavy atom. The van der Waals surface area contributed by atoms with Crippen molar-refractivity contribution in [1.82, 2.24) is 10.2 Å². The SMILES string of the molecule is CCCNC(=O)CN(CCC)C(=O)C(C)C(=O)O. The highest BCUT2D eigenvalue weighted by Crippen LogP contribution is 2.04. The van der Waals surface area contributed by atoms with Gasteiger partial charge in [0, 0.05) is 13.1 Å². The largest absolute Gasteiger partial charge is 0.481 e. The van der Waals surface area contributed by atoms with Crippen LogP contribution < -0.4 is 5.32 Å². The van der Waals surface area contributed by atoms with Gasteiger partial charge in [0.15, 0.2) is 0 Å². The normalized spacial score (nSPS) is 11.7. The van der Waals surface area contributed by atoms with E-state index in [4.69, 9.17) is 5.11 Å². The molecule has 0 saturated heterocycles. The Balaban J connectivity index is 4.50. The zero-order valence-corrected chi connectivity index (χ0v) is 11.2. The fraction of sp³-hybridized carbons (Fsp3) is 0.750. The van der Waals surface area contributed by atoms with Gasteiger partial charge in [0.25, 0.3) is 0 Å². The number of nitrogens with zero attached hydrogens (tertiary/aromatic N) is 1. The lowest BCUT2D eigenvalue weighted by Crippen LogP contribution is -2.44. The molecule has 2 amide bonds. The molecule has 18 heavy (non-hydrogen) atoms. The molecule has 0 bridgehead atoms. The van der Waals surface area contributed by atoms with Crippen molar-refractivity contribution in [3.63, 3.8) is 0 Å². The predicted molar refractivity (Wildman–Crippen MR) is 67.0 cm³/mol. The molecular formula is C12H22N2O4. The summed E-state index contributed by atoms with van der Waals surface area (Å²) in [5.74, 6) is -3.06. The highest BCUT2D eigenvalue weighted by Gasteiger charge is 2.26. The van der Waals surface area contributed by atoms with Gasteiger partial charge in [0.05, 0.1) is 6.54 Å². The van der Waals surface area contributed by atoms with Gasteiger partial charge in [-0.15, -0.1) is 0 Å². The van der Waals surface area contributed by atoms with E-state index in [1.54, 1.807) is 0 Å². The van der Waals surface area contributed by atoms with E-state index in [1.165, 1.54) is 11.8 Å². The van der Waals surface area contributed by atoms with Crippen LogP contribution in [0.15, 0.2) is 0 Å². The maximum absolute atomic E-state index is 11.8. The van der Waals surface area contributed by atoms with Crippen LogP contribution in [0.4, 0.5) is 0 Å². The topological polar surface area (TPSA) is 86.7 Å². The second-order valence-electron chi connectivity index (χ2n) is 4.17. The van der Waals surface area contributed by atoms with E-state index in [9.17, 15) is 14.4 Å². The van der Waals surface area contributed by atoms with Crippen LogP contribution >= 0.6 is 0 Å². The van der Waals surface area contributed by atoms with Gasteiger partial charge >= 0.3 is 5.97 Å².